The minimum absolute atomic E-state index is 0.335. The Labute approximate surface area is 343 Å². The van der Waals surface area contributed by atoms with Crippen LogP contribution in [0.25, 0.3) is 21.8 Å². The second-order valence-corrected chi connectivity index (χ2v) is 14.0. The molecule has 0 aliphatic heterocycles. The molecule has 0 fully saturated rings. The number of halogens is 2. The van der Waals surface area contributed by atoms with Crippen molar-refractivity contribution in [3.05, 3.63) is 156 Å². The Morgan fingerprint density at radius 1 is 0.567 bits per heavy atom. The molecule has 0 aliphatic rings. The topological polar surface area (TPSA) is 161 Å². The zero-order valence-electron chi connectivity index (χ0n) is 32.9. The Morgan fingerprint density at radius 3 is 1.40 bits per heavy atom. The number of carbonyl (C=O) groups is 1. The summed E-state index contributed by atoms with van der Waals surface area (Å²) in [6.07, 6.45) is 13.1. The number of anilines is 2. The molecule has 13 nitrogen and oxygen atoms in total. The molecule has 0 saturated heterocycles. The number of H-pyrrole nitrogens is 2. The number of aromatic amines is 2. The molecule has 0 bridgehead atoms. The smallest absolute Gasteiger partial charge is 0.212 e. The lowest BCUT2D eigenvalue weighted by Crippen LogP contribution is -2.34. The molecule has 0 spiro atoms. The Morgan fingerprint density at radius 2 is 1.02 bits per heavy atom. The van der Waals surface area contributed by atoms with Gasteiger partial charge in [0.1, 0.15) is 23.1 Å². The van der Waals surface area contributed by atoms with Crippen molar-refractivity contribution in [2.45, 2.75) is 23.9 Å². The Kier molecular flexibility index (Phi) is 11.2. The van der Waals surface area contributed by atoms with Crippen LogP contribution in [0.4, 0.5) is 20.2 Å². The highest BCUT2D eigenvalue weighted by Crippen LogP contribution is 2.47. The van der Waals surface area contributed by atoms with Crippen LogP contribution in [0.5, 0.6) is 23.3 Å². The van der Waals surface area contributed by atoms with Crippen LogP contribution in [0.2, 0.25) is 0 Å². The Bertz CT molecular complexity index is 2570. The largest absolute Gasteiger partial charge is 0.495 e. The number of Topliss-reactive ketones (excluding diaryl/α,β-unsaturated/α-hetero) is 1. The average Bonchev–Trinajstić information content (AvgIpc) is 3.89. The predicted octanol–water partition coefficient (Wildman–Crippen LogP) is 8.69. The number of rotatable bonds is 16. The van der Waals surface area contributed by atoms with Gasteiger partial charge in [0.25, 0.3) is 0 Å². The highest BCUT2D eigenvalue weighted by molar-refractivity contribution is 6.01. The van der Waals surface area contributed by atoms with Crippen LogP contribution in [0.1, 0.15) is 46.2 Å². The van der Waals surface area contributed by atoms with E-state index in [1.54, 1.807) is 86.0 Å². The highest BCUT2D eigenvalue weighted by atomic mass is 19.1. The third-order valence-electron chi connectivity index (χ3n) is 10.5. The number of ether oxygens (including phenoxy) is 4. The maximum absolute atomic E-state index is 16.5. The number of methoxy groups -OCH3 is 4. The van der Waals surface area contributed by atoms with Gasteiger partial charge in [0.15, 0.2) is 5.78 Å². The van der Waals surface area contributed by atoms with E-state index in [0.717, 1.165) is 0 Å². The lowest BCUT2D eigenvalue weighted by atomic mass is 9.74. The summed E-state index contributed by atoms with van der Waals surface area (Å²) in [7, 11) is 6.10. The van der Waals surface area contributed by atoms with Gasteiger partial charge < -0.3 is 39.5 Å². The van der Waals surface area contributed by atoms with Crippen LogP contribution in [0, 0.1) is 11.6 Å². The third-order valence-corrected chi connectivity index (χ3v) is 10.5. The minimum Gasteiger partial charge on any atom is -0.495 e. The second-order valence-electron chi connectivity index (χ2n) is 14.0. The summed E-state index contributed by atoms with van der Waals surface area (Å²) < 4.78 is 52.4. The van der Waals surface area contributed by atoms with Gasteiger partial charge in [-0.3, -0.25) is 14.8 Å². The fourth-order valence-electron chi connectivity index (χ4n) is 7.62. The number of hydrogen-bond acceptors (Lipinski definition) is 11. The molecule has 6 heterocycles. The van der Waals surface area contributed by atoms with Crippen molar-refractivity contribution in [3.63, 3.8) is 0 Å². The molecule has 0 saturated carbocycles. The average molecular weight is 811 g/mol. The highest BCUT2D eigenvalue weighted by Gasteiger charge is 2.43. The molecular weight excluding hydrogens is 771 g/mol. The number of hydrogen-bond donors (Lipinski definition) is 4. The van der Waals surface area contributed by atoms with E-state index in [1.165, 1.54) is 52.7 Å². The third kappa shape index (κ3) is 7.97. The molecule has 8 rings (SSSR count). The lowest BCUT2D eigenvalue weighted by molar-refractivity contribution is -0.122. The normalized spacial score (nSPS) is 13.3. The minimum atomic E-state index is -1.11. The molecule has 0 amide bonds. The maximum Gasteiger partial charge on any atom is 0.212 e. The molecule has 2 aromatic carbocycles. The van der Waals surface area contributed by atoms with E-state index >= 15 is 13.6 Å². The van der Waals surface area contributed by atoms with Crippen molar-refractivity contribution in [2.75, 3.05) is 39.1 Å². The van der Waals surface area contributed by atoms with Crippen molar-refractivity contribution >= 4 is 39.0 Å². The molecule has 4 unspecified atom stereocenters. The first-order valence-corrected chi connectivity index (χ1v) is 18.8. The van der Waals surface area contributed by atoms with E-state index in [1.807, 2.05) is 12.1 Å². The summed E-state index contributed by atoms with van der Waals surface area (Å²) in [6.45, 7) is 0. The SMILES string of the molecule is COc1cncc(NC(c2ccc(OC)nc2)C(C(=O)C(c2c[nH]c3ccc(F)cc23)C(Nc2cncc(OC)c2)c2ccc(OC)nc2)c2c[nH]c3ccc(F)cc23)c1. The standard InChI is InChI=1S/C45H40F2N8O5/c1-57-31-15-29(19-48-21-31)54-43(25-5-11-39(59-3)52-17-25)41(35-23-50-37-9-7-27(46)13-33(35)37)45(56)42(36-24-51-38-10-8-28(47)14-34(36)38)44(26-6-12-40(60-4)53-18-26)55-30-16-32(58-2)22-49-20-30/h5-24,41-44,50-51,54-55H,1-4H3. The number of pyridine rings is 4. The number of nitrogens with one attached hydrogen (secondary N) is 4. The van der Waals surface area contributed by atoms with Gasteiger partial charge in [0.05, 0.1) is 88.5 Å². The number of fused-ring (bicyclic) bond motifs is 2. The Hall–Kier alpha value is -7.55. The second kappa shape index (κ2) is 17.1. The van der Waals surface area contributed by atoms with Gasteiger partial charge in [0.2, 0.25) is 11.8 Å². The quantitative estimate of drug-likeness (QED) is 0.0739. The number of carbonyl (C=O) groups excluding carboxylic acids is 1. The van der Waals surface area contributed by atoms with Crippen LogP contribution in [-0.4, -0.2) is 64.1 Å². The zero-order chi connectivity index (χ0) is 41.8. The molecule has 4 atom stereocenters. The van der Waals surface area contributed by atoms with Gasteiger partial charge >= 0.3 is 0 Å². The van der Waals surface area contributed by atoms with Crippen LogP contribution >= 0.6 is 0 Å². The number of aromatic nitrogens is 6. The maximum atomic E-state index is 16.5. The molecule has 304 valence electrons. The van der Waals surface area contributed by atoms with Crippen LogP contribution in [0.3, 0.4) is 0 Å². The van der Waals surface area contributed by atoms with Gasteiger partial charge in [0, 0.05) is 70.9 Å². The van der Waals surface area contributed by atoms with Gasteiger partial charge in [-0.05, 0) is 58.7 Å². The summed E-state index contributed by atoms with van der Waals surface area (Å²) >= 11 is 0. The van der Waals surface area contributed by atoms with Crippen LogP contribution in [-0.2, 0) is 4.79 Å². The van der Waals surface area contributed by atoms with Crippen molar-refractivity contribution in [3.8, 4) is 23.3 Å². The lowest BCUT2D eigenvalue weighted by Gasteiger charge is -2.35. The van der Waals surface area contributed by atoms with E-state index in [-0.39, 0.29) is 5.78 Å². The van der Waals surface area contributed by atoms with E-state index < -0.39 is 35.6 Å². The summed E-state index contributed by atoms with van der Waals surface area (Å²) in [6, 6.07) is 17.5. The molecule has 15 heteroatoms. The molecule has 0 radical (unpaired) electrons. The molecule has 4 N–H and O–H groups in total. The zero-order valence-corrected chi connectivity index (χ0v) is 32.9. The number of ketones is 1. The van der Waals surface area contributed by atoms with Gasteiger partial charge in [-0.25, -0.2) is 18.7 Å². The summed E-state index contributed by atoms with van der Waals surface area (Å²) in [5.41, 5.74) is 4.45. The van der Waals surface area contributed by atoms with E-state index in [2.05, 4.69) is 40.5 Å². The predicted molar refractivity (Wildman–Crippen MR) is 223 cm³/mol. The first-order chi connectivity index (χ1) is 29.3. The first-order valence-electron chi connectivity index (χ1n) is 18.8. The van der Waals surface area contributed by atoms with E-state index in [9.17, 15) is 0 Å². The summed E-state index contributed by atoms with van der Waals surface area (Å²) in [5, 5.41) is 8.11. The Balaban J connectivity index is 1.41. The van der Waals surface area contributed by atoms with Crippen molar-refractivity contribution in [1.82, 2.24) is 29.9 Å². The first kappa shape index (κ1) is 39.3. The number of benzene rings is 2. The van der Waals surface area contributed by atoms with E-state index in [4.69, 9.17) is 18.9 Å². The van der Waals surface area contributed by atoms with Crippen molar-refractivity contribution < 1.29 is 32.5 Å². The van der Waals surface area contributed by atoms with Crippen LogP contribution in [0.15, 0.2) is 122 Å². The molecular formula is C45H40F2N8O5. The van der Waals surface area contributed by atoms with Crippen LogP contribution < -0.4 is 29.6 Å². The molecule has 60 heavy (non-hydrogen) atoms. The molecule has 6 aromatic heterocycles. The molecule has 0 aliphatic carbocycles. The van der Waals surface area contributed by atoms with Crippen molar-refractivity contribution in [2.24, 2.45) is 0 Å². The van der Waals surface area contributed by atoms with Gasteiger partial charge in [-0.1, -0.05) is 12.1 Å². The monoisotopic (exact) mass is 810 g/mol. The molecule has 8 aromatic rings. The summed E-state index contributed by atoms with van der Waals surface area (Å²) in [4.78, 5) is 40.9. The van der Waals surface area contributed by atoms with Crippen molar-refractivity contribution in [1.29, 1.82) is 0 Å². The van der Waals surface area contributed by atoms with Gasteiger partial charge in [-0.15, -0.1) is 0 Å². The van der Waals surface area contributed by atoms with Gasteiger partial charge in [-0.2, -0.15) is 0 Å². The number of nitrogens with zero attached hydrogens (tertiary/aromatic N) is 4. The fraction of sp³-hybridized carbons (Fsp3) is 0.178. The summed E-state index contributed by atoms with van der Waals surface area (Å²) in [5.74, 6) is -1.84. The van der Waals surface area contributed by atoms with E-state index in [0.29, 0.717) is 78.7 Å². The fourth-order valence-corrected chi connectivity index (χ4v) is 7.62.